The van der Waals surface area contributed by atoms with Crippen molar-refractivity contribution in [3.63, 3.8) is 0 Å². The summed E-state index contributed by atoms with van der Waals surface area (Å²) in [5.41, 5.74) is 3.30. The van der Waals surface area contributed by atoms with Crippen LogP contribution in [0.3, 0.4) is 0 Å². The zero-order valence-corrected chi connectivity index (χ0v) is 21.6. The molecular formula is C29H31FN2O6. The lowest BCUT2D eigenvalue weighted by atomic mass is 9.96. The standard InChI is InChI=1S/C29H31FN2O6/c1-4-24(27(35)31-25(15-26(33)34)29(17-30,37-2)38-3)32-16-20-14-19(12-13-23(20)28(32)36)22-11-7-9-18-8-5-6-10-21(18)22/h5-14,24-25H,4,15-17H2,1-3H3,(H,31,35)(H,33,34). The molecule has 9 heteroatoms. The lowest BCUT2D eigenvalue weighted by molar-refractivity contribution is -0.234. The number of rotatable bonds is 11. The molecule has 3 aromatic rings. The van der Waals surface area contributed by atoms with Gasteiger partial charge in [-0.2, -0.15) is 0 Å². The van der Waals surface area contributed by atoms with Crippen molar-refractivity contribution in [3.8, 4) is 11.1 Å². The lowest BCUT2D eigenvalue weighted by Crippen LogP contribution is -2.60. The second-order valence-corrected chi connectivity index (χ2v) is 9.27. The van der Waals surface area contributed by atoms with E-state index in [4.69, 9.17) is 9.47 Å². The van der Waals surface area contributed by atoms with Crippen molar-refractivity contribution in [3.05, 3.63) is 71.8 Å². The highest BCUT2D eigenvalue weighted by Crippen LogP contribution is 2.34. The number of ether oxygens (including phenoxy) is 2. The van der Waals surface area contributed by atoms with Crippen LogP contribution < -0.4 is 5.32 Å². The highest BCUT2D eigenvalue weighted by Gasteiger charge is 2.44. The fraction of sp³-hybridized carbons (Fsp3) is 0.345. The van der Waals surface area contributed by atoms with Gasteiger partial charge in [-0.05, 0) is 46.0 Å². The molecule has 200 valence electrons. The van der Waals surface area contributed by atoms with Crippen LogP contribution >= 0.6 is 0 Å². The number of methoxy groups -OCH3 is 2. The lowest BCUT2D eigenvalue weighted by Gasteiger charge is -2.37. The van der Waals surface area contributed by atoms with Gasteiger partial charge in [0.2, 0.25) is 11.7 Å². The third kappa shape index (κ3) is 4.99. The fourth-order valence-corrected chi connectivity index (χ4v) is 5.12. The van der Waals surface area contributed by atoms with Crippen LogP contribution in [-0.4, -0.2) is 66.6 Å². The van der Waals surface area contributed by atoms with Gasteiger partial charge in [0.15, 0.2) is 0 Å². The molecule has 1 aliphatic heterocycles. The molecule has 2 N–H and O–H groups in total. The third-order valence-corrected chi connectivity index (χ3v) is 7.21. The number of benzene rings is 3. The molecule has 2 unspecified atom stereocenters. The zero-order chi connectivity index (χ0) is 27.4. The Morgan fingerprint density at radius 2 is 1.79 bits per heavy atom. The van der Waals surface area contributed by atoms with E-state index >= 15 is 0 Å². The highest BCUT2D eigenvalue weighted by molar-refractivity contribution is 6.03. The molecule has 8 nitrogen and oxygen atoms in total. The number of nitrogens with zero attached hydrogens (tertiary/aromatic N) is 1. The first-order chi connectivity index (χ1) is 18.3. The number of amides is 2. The van der Waals surface area contributed by atoms with E-state index in [-0.39, 0.29) is 18.9 Å². The van der Waals surface area contributed by atoms with Gasteiger partial charge in [0.05, 0.1) is 12.5 Å². The first-order valence-electron chi connectivity index (χ1n) is 12.4. The molecular weight excluding hydrogens is 491 g/mol. The average molecular weight is 523 g/mol. The topological polar surface area (TPSA) is 105 Å². The highest BCUT2D eigenvalue weighted by atomic mass is 19.1. The van der Waals surface area contributed by atoms with Gasteiger partial charge in [0.25, 0.3) is 5.91 Å². The second-order valence-electron chi connectivity index (χ2n) is 9.27. The van der Waals surface area contributed by atoms with Crippen molar-refractivity contribution in [2.24, 2.45) is 0 Å². The molecule has 0 fully saturated rings. The normalized spacial score (nSPS) is 14.8. The minimum atomic E-state index is -1.97. The Kier molecular flexibility index (Phi) is 8.08. The maximum Gasteiger partial charge on any atom is 0.305 e. The largest absolute Gasteiger partial charge is 0.481 e. The van der Waals surface area contributed by atoms with Crippen LogP contribution in [-0.2, 0) is 25.6 Å². The van der Waals surface area contributed by atoms with Crippen LogP contribution in [0.5, 0.6) is 0 Å². The van der Waals surface area contributed by atoms with E-state index in [1.54, 1.807) is 13.0 Å². The van der Waals surface area contributed by atoms with Crippen LogP contribution in [0.15, 0.2) is 60.7 Å². The van der Waals surface area contributed by atoms with Crippen LogP contribution in [0.25, 0.3) is 21.9 Å². The predicted molar refractivity (Wildman–Crippen MR) is 140 cm³/mol. The Morgan fingerprint density at radius 3 is 2.45 bits per heavy atom. The number of alkyl halides is 1. The van der Waals surface area contributed by atoms with Gasteiger partial charge in [-0.25, -0.2) is 4.39 Å². The van der Waals surface area contributed by atoms with E-state index in [2.05, 4.69) is 11.4 Å². The number of carbonyl (C=O) groups is 3. The Bertz CT molecular complexity index is 1340. The first kappa shape index (κ1) is 27.2. The molecule has 0 aliphatic carbocycles. The maximum absolute atomic E-state index is 13.9. The number of fused-ring (bicyclic) bond motifs is 2. The molecule has 0 spiro atoms. The average Bonchev–Trinajstić information content (AvgIpc) is 3.24. The number of carboxylic acids is 1. The summed E-state index contributed by atoms with van der Waals surface area (Å²) in [7, 11) is 2.35. The van der Waals surface area contributed by atoms with Crippen LogP contribution in [0, 0.1) is 0 Å². The minimum Gasteiger partial charge on any atom is -0.481 e. The SMILES string of the molecule is CCC(C(=O)NC(CC(=O)O)C(CF)(OC)OC)N1Cc2cc(-c3cccc4ccccc34)ccc2C1=O. The van der Waals surface area contributed by atoms with Gasteiger partial charge in [-0.15, -0.1) is 0 Å². The maximum atomic E-state index is 13.9. The second kappa shape index (κ2) is 11.3. The summed E-state index contributed by atoms with van der Waals surface area (Å²) in [6.45, 7) is 0.786. The van der Waals surface area contributed by atoms with Gasteiger partial charge in [-0.3, -0.25) is 14.4 Å². The Morgan fingerprint density at radius 1 is 1.08 bits per heavy atom. The molecule has 38 heavy (non-hydrogen) atoms. The number of carbonyl (C=O) groups excluding carboxylic acids is 2. The molecule has 1 heterocycles. The van der Waals surface area contributed by atoms with Crippen LogP contribution in [0.2, 0.25) is 0 Å². The quantitative estimate of drug-likeness (QED) is 0.367. The van der Waals surface area contributed by atoms with Gasteiger partial charge in [0.1, 0.15) is 12.7 Å². The smallest absolute Gasteiger partial charge is 0.305 e. The first-order valence-corrected chi connectivity index (χ1v) is 12.4. The van der Waals surface area contributed by atoms with Gasteiger partial charge in [0, 0.05) is 26.3 Å². The Hall–Kier alpha value is -3.82. The molecule has 4 rings (SSSR count). The van der Waals surface area contributed by atoms with Crippen LogP contribution in [0.4, 0.5) is 4.39 Å². The summed E-state index contributed by atoms with van der Waals surface area (Å²) in [5.74, 6) is -4.14. The van der Waals surface area contributed by atoms with Crippen LogP contribution in [0.1, 0.15) is 35.7 Å². The van der Waals surface area contributed by atoms with E-state index in [1.165, 1.54) is 19.1 Å². The monoisotopic (exact) mass is 522 g/mol. The zero-order valence-electron chi connectivity index (χ0n) is 21.6. The van der Waals surface area contributed by atoms with E-state index in [0.717, 1.165) is 27.5 Å². The van der Waals surface area contributed by atoms with E-state index in [1.807, 2.05) is 48.5 Å². The Labute approximate surface area is 220 Å². The summed E-state index contributed by atoms with van der Waals surface area (Å²) >= 11 is 0. The minimum absolute atomic E-state index is 0.213. The number of carboxylic acid groups (broad SMARTS) is 1. The Balaban J connectivity index is 1.60. The van der Waals surface area contributed by atoms with Crippen molar-refractivity contribution < 1.29 is 33.4 Å². The van der Waals surface area contributed by atoms with E-state index < -0.39 is 42.8 Å². The summed E-state index contributed by atoms with van der Waals surface area (Å²) in [4.78, 5) is 39.6. The number of hydrogen-bond donors (Lipinski definition) is 2. The number of aliphatic carboxylic acids is 1. The van der Waals surface area contributed by atoms with Crippen molar-refractivity contribution in [2.75, 3.05) is 20.9 Å². The van der Waals surface area contributed by atoms with Crippen molar-refractivity contribution in [2.45, 2.75) is 44.2 Å². The molecule has 2 amide bonds. The molecule has 3 aromatic carbocycles. The molecule has 0 radical (unpaired) electrons. The van der Waals surface area contributed by atoms with E-state index in [0.29, 0.717) is 5.56 Å². The number of nitrogens with one attached hydrogen (secondary N) is 1. The summed E-state index contributed by atoms with van der Waals surface area (Å²) < 4.78 is 24.2. The van der Waals surface area contributed by atoms with Gasteiger partial charge >= 0.3 is 5.97 Å². The molecule has 0 bridgehead atoms. The molecule has 0 saturated heterocycles. The van der Waals surface area contributed by atoms with Crippen molar-refractivity contribution >= 4 is 28.6 Å². The molecule has 2 atom stereocenters. The van der Waals surface area contributed by atoms with Crippen molar-refractivity contribution in [1.29, 1.82) is 0 Å². The van der Waals surface area contributed by atoms with Gasteiger partial charge < -0.3 is 24.8 Å². The van der Waals surface area contributed by atoms with Crippen molar-refractivity contribution in [1.82, 2.24) is 10.2 Å². The summed E-state index contributed by atoms with van der Waals surface area (Å²) in [6.07, 6.45) is -0.361. The number of halogens is 1. The predicted octanol–water partition coefficient (Wildman–Crippen LogP) is 4.16. The molecule has 1 aliphatic rings. The third-order valence-electron chi connectivity index (χ3n) is 7.21. The van der Waals surface area contributed by atoms with Gasteiger partial charge in [-0.1, -0.05) is 55.5 Å². The molecule has 0 saturated carbocycles. The number of hydrogen-bond acceptors (Lipinski definition) is 5. The molecule has 0 aromatic heterocycles. The van der Waals surface area contributed by atoms with E-state index in [9.17, 15) is 23.9 Å². The fourth-order valence-electron chi connectivity index (χ4n) is 5.12. The summed E-state index contributed by atoms with van der Waals surface area (Å²) in [6, 6.07) is 17.6. The summed E-state index contributed by atoms with van der Waals surface area (Å²) in [5, 5.41) is 14.1.